The number of hydrogen-bond acceptors (Lipinski definition) is 4. The Balaban J connectivity index is 1.56. The normalized spacial score (nSPS) is 25.4. The van der Waals surface area contributed by atoms with E-state index in [4.69, 9.17) is 4.98 Å². The summed E-state index contributed by atoms with van der Waals surface area (Å²) in [4.78, 5) is 24.0. The van der Waals surface area contributed by atoms with Gasteiger partial charge in [0.05, 0.1) is 17.6 Å². The highest BCUT2D eigenvalue weighted by Gasteiger charge is 2.41. The largest absolute Gasteiger partial charge is 0.346 e. The molecule has 6 heteroatoms. The van der Waals surface area contributed by atoms with Crippen LogP contribution in [-0.4, -0.2) is 76.0 Å². The van der Waals surface area contributed by atoms with Crippen molar-refractivity contribution >= 4 is 16.9 Å². The molecule has 4 rings (SSSR count). The quantitative estimate of drug-likeness (QED) is 0.832. The van der Waals surface area contributed by atoms with Crippen LogP contribution in [0.1, 0.15) is 32.0 Å². The van der Waals surface area contributed by atoms with E-state index in [0.717, 1.165) is 63.5 Å². The van der Waals surface area contributed by atoms with Gasteiger partial charge in [-0.25, -0.2) is 4.98 Å². The number of aryl methyl sites for hydroxylation is 1. The molecular formula is C21H31N5O. The molecule has 2 aliphatic heterocycles. The summed E-state index contributed by atoms with van der Waals surface area (Å²) >= 11 is 0. The molecule has 2 aromatic rings. The third kappa shape index (κ3) is 3.36. The van der Waals surface area contributed by atoms with Crippen LogP contribution in [0.3, 0.4) is 0 Å². The number of benzene rings is 1. The molecule has 1 spiro atoms. The molecule has 3 heterocycles. The van der Waals surface area contributed by atoms with Crippen LogP contribution in [-0.2, 0) is 17.9 Å². The van der Waals surface area contributed by atoms with Crippen LogP contribution in [0.25, 0.3) is 11.0 Å². The first-order chi connectivity index (χ1) is 13.0. The summed E-state index contributed by atoms with van der Waals surface area (Å²) in [6.07, 6.45) is 2.65. The van der Waals surface area contributed by atoms with Gasteiger partial charge in [0, 0.05) is 51.7 Å². The molecule has 2 saturated heterocycles. The van der Waals surface area contributed by atoms with Crippen molar-refractivity contribution in [3.63, 3.8) is 0 Å². The lowest BCUT2D eigenvalue weighted by molar-refractivity contribution is -0.129. The number of aromatic nitrogens is 2. The monoisotopic (exact) mass is 369 g/mol. The minimum Gasteiger partial charge on any atom is -0.346 e. The summed E-state index contributed by atoms with van der Waals surface area (Å²) in [6, 6.07) is 8.41. The smallest absolute Gasteiger partial charge is 0.222 e. The highest BCUT2D eigenvalue weighted by molar-refractivity contribution is 5.76. The molecule has 1 amide bonds. The number of carbonyl (C=O) groups excluding carboxylic acids is 1. The SMILES string of the molecule is CCn1c(CN2CCN(C)[C@]3(CCC(=O)N(C)CC3)C2)nc2ccccc21. The van der Waals surface area contributed by atoms with Crippen molar-refractivity contribution in [2.24, 2.45) is 0 Å². The van der Waals surface area contributed by atoms with E-state index in [9.17, 15) is 4.79 Å². The standard InChI is InChI=1S/C21H31N5O/c1-4-26-18-8-6-5-7-17(18)22-19(26)15-25-14-13-24(3)21(16-25)10-9-20(27)23(2)12-11-21/h5-8H,4,9-16H2,1-3H3/t21-/m0/s1. The number of likely N-dealkylation sites (N-methyl/N-ethyl adjacent to an activating group) is 1. The molecule has 0 unspecified atom stereocenters. The Bertz CT molecular complexity index is 831. The number of para-hydroxylation sites is 2. The van der Waals surface area contributed by atoms with Crippen molar-refractivity contribution in [2.75, 3.05) is 40.3 Å². The number of imidazole rings is 1. The van der Waals surface area contributed by atoms with Crippen LogP contribution < -0.4 is 0 Å². The molecule has 0 N–H and O–H groups in total. The van der Waals surface area contributed by atoms with Crippen molar-refractivity contribution in [1.82, 2.24) is 24.3 Å². The summed E-state index contributed by atoms with van der Waals surface area (Å²) in [5, 5.41) is 0. The van der Waals surface area contributed by atoms with Crippen LogP contribution in [0.15, 0.2) is 24.3 Å². The molecule has 146 valence electrons. The zero-order valence-electron chi connectivity index (χ0n) is 16.8. The first kappa shape index (κ1) is 18.4. The number of carbonyl (C=O) groups is 1. The van der Waals surface area contributed by atoms with Gasteiger partial charge in [-0.05, 0) is 38.9 Å². The second kappa shape index (κ2) is 7.24. The highest BCUT2D eigenvalue weighted by Crippen LogP contribution is 2.32. The predicted molar refractivity (Wildman–Crippen MR) is 108 cm³/mol. The summed E-state index contributed by atoms with van der Waals surface area (Å²) in [5.41, 5.74) is 2.40. The van der Waals surface area contributed by atoms with E-state index in [1.165, 1.54) is 5.52 Å². The minimum atomic E-state index is 0.0989. The van der Waals surface area contributed by atoms with E-state index < -0.39 is 0 Å². The first-order valence-electron chi connectivity index (χ1n) is 10.1. The van der Waals surface area contributed by atoms with Gasteiger partial charge in [-0.15, -0.1) is 0 Å². The number of nitrogens with zero attached hydrogens (tertiary/aromatic N) is 5. The molecule has 0 bridgehead atoms. The average molecular weight is 370 g/mol. The number of hydrogen-bond donors (Lipinski definition) is 0. The number of piperazine rings is 1. The predicted octanol–water partition coefficient (Wildman–Crippen LogP) is 2.18. The topological polar surface area (TPSA) is 44.6 Å². The van der Waals surface area contributed by atoms with Crippen LogP contribution in [0.4, 0.5) is 0 Å². The van der Waals surface area contributed by atoms with E-state index in [1.807, 2.05) is 11.9 Å². The molecule has 2 aliphatic rings. The molecule has 1 aromatic carbocycles. The van der Waals surface area contributed by atoms with Gasteiger partial charge in [0.25, 0.3) is 0 Å². The first-order valence-corrected chi connectivity index (χ1v) is 10.1. The molecule has 1 aromatic heterocycles. The Morgan fingerprint density at radius 2 is 1.93 bits per heavy atom. The lowest BCUT2D eigenvalue weighted by Gasteiger charge is -2.49. The lowest BCUT2D eigenvalue weighted by atomic mass is 9.86. The number of fused-ring (bicyclic) bond motifs is 1. The number of amides is 1. The van der Waals surface area contributed by atoms with Crippen LogP contribution >= 0.6 is 0 Å². The van der Waals surface area contributed by atoms with E-state index in [0.29, 0.717) is 6.42 Å². The van der Waals surface area contributed by atoms with Gasteiger partial charge in [-0.1, -0.05) is 12.1 Å². The molecule has 1 atom stereocenters. The van der Waals surface area contributed by atoms with Gasteiger partial charge < -0.3 is 9.47 Å². The van der Waals surface area contributed by atoms with Gasteiger partial charge in [0.1, 0.15) is 5.82 Å². The fourth-order valence-electron chi connectivity index (χ4n) is 4.77. The van der Waals surface area contributed by atoms with Crippen molar-refractivity contribution in [2.45, 2.75) is 44.8 Å². The average Bonchev–Trinajstić information content (AvgIpc) is 2.96. The van der Waals surface area contributed by atoms with E-state index in [2.05, 4.69) is 52.6 Å². The fourth-order valence-corrected chi connectivity index (χ4v) is 4.77. The summed E-state index contributed by atoms with van der Waals surface area (Å²) in [6.45, 7) is 7.97. The maximum absolute atomic E-state index is 12.2. The van der Waals surface area contributed by atoms with Crippen molar-refractivity contribution < 1.29 is 4.79 Å². The van der Waals surface area contributed by atoms with Gasteiger partial charge in [-0.3, -0.25) is 14.6 Å². The summed E-state index contributed by atoms with van der Waals surface area (Å²) in [7, 11) is 4.17. The lowest BCUT2D eigenvalue weighted by Crippen LogP contribution is -2.60. The zero-order valence-corrected chi connectivity index (χ0v) is 16.8. The van der Waals surface area contributed by atoms with Gasteiger partial charge in [-0.2, -0.15) is 0 Å². The van der Waals surface area contributed by atoms with Crippen molar-refractivity contribution in [1.29, 1.82) is 0 Å². The fraction of sp³-hybridized carbons (Fsp3) is 0.619. The van der Waals surface area contributed by atoms with Crippen molar-refractivity contribution in [3.8, 4) is 0 Å². The Hall–Kier alpha value is -1.92. The molecule has 0 saturated carbocycles. The Kier molecular flexibility index (Phi) is 4.95. The van der Waals surface area contributed by atoms with Crippen LogP contribution in [0.5, 0.6) is 0 Å². The zero-order chi connectivity index (χ0) is 19.0. The van der Waals surface area contributed by atoms with Crippen molar-refractivity contribution in [3.05, 3.63) is 30.1 Å². The molecular weight excluding hydrogens is 338 g/mol. The Labute approximate surface area is 161 Å². The molecule has 0 aliphatic carbocycles. The third-order valence-electron chi connectivity index (χ3n) is 6.64. The van der Waals surface area contributed by atoms with E-state index in [1.54, 1.807) is 0 Å². The van der Waals surface area contributed by atoms with E-state index >= 15 is 0 Å². The summed E-state index contributed by atoms with van der Waals surface area (Å²) < 4.78 is 2.34. The maximum Gasteiger partial charge on any atom is 0.222 e. The second-order valence-electron chi connectivity index (χ2n) is 8.18. The van der Waals surface area contributed by atoms with Gasteiger partial charge in [0.15, 0.2) is 0 Å². The Morgan fingerprint density at radius 3 is 2.74 bits per heavy atom. The number of likely N-dealkylation sites (tertiary alicyclic amines) is 1. The molecule has 6 nitrogen and oxygen atoms in total. The van der Waals surface area contributed by atoms with Gasteiger partial charge >= 0.3 is 0 Å². The van der Waals surface area contributed by atoms with Crippen LogP contribution in [0, 0.1) is 0 Å². The Morgan fingerprint density at radius 1 is 1.11 bits per heavy atom. The number of rotatable bonds is 3. The molecule has 2 fully saturated rings. The second-order valence-corrected chi connectivity index (χ2v) is 8.18. The third-order valence-corrected chi connectivity index (χ3v) is 6.64. The van der Waals surface area contributed by atoms with E-state index in [-0.39, 0.29) is 11.4 Å². The van der Waals surface area contributed by atoms with Crippen LogP contribution in [0.2, 0.25) is 0 Å². The molecule has 0 radical (unpaired) electrons. The minimum absolute atomic E-state index is 0.0989. The highest BCUT2D eigenvalue weighted by atomic mass is 16.2. The maximum atomic E-state index is 12.2. The summed E-state index contributed by atoms with van der Waals surface area (Å²) in [5.74, 6) is 1.44. The van der Waals surface area contributed by atoms with Gasteiger partial charge in [0.2, 0.25) is 5.91 Å². The molecule has 27 heavy (non-hydrogen) atoms.